The zero-order valence-corrected chi connectivity index (χ0v) is 19.1. The van der Waals surface area contributed by atoms with E-state index >= 15 is 0 Å². The van der Waals surface area contributed by atoms with Crippen molar-refractivity contribution >= 4 is 31.9 Å². The number of halogens is 2. The minimum absolute atomic E-state index is 0.0454. The molecule has 0 bridgehead atoms. The smallest absolute Gasteiger partial charge is 0.179 e. The first kappa shape index (κ1) is 23.0. The predicted octanol–water partition coefficient (Wildman–Crippen LogP) is 2.82. The lowest BCUT2D eigenvalue weighted by molar-refractivity contribution is -0.324. The molecular weight excluding hydrogens is 472 g/mol. The molecule has 2 saturated heterocycles. The third kappa shape index (κ3) is 4.64. The maximum Gasteiger partial charge on any atom is 0.179 e. The van der Waals surface area contributed by atoms with Crippen molar-refractivity contribution in [3.63, 3.8) is 0 Å². The minimum Gasteiger partial charge on any atom is -0.396 e. The van der Waals surface area contributed by atoms with Crippen LogP contribution in [0, 0.1) is 10.8 Å². The molecule has 0 amide bonds. The van der Waals surface area contributed by atoms with E-state index in [1.807, 2.05) is 20.8 Å². The van der Waals surface area contributed by atoms with Gasteiger partial charge in [0.1, 0.15) is 0 Å². The lowest BCUT2D eigenvalue weighted by Gasteiger charge is -2.49. The molecule has 26 heavy (non-hydrogen) atoms. The van der Waals surface area contributed by atoms with Crippen LogP contribution in [-0.2, 0) is 18.9 Å². The number of alkyl halides is 2. The van der Waals surface area contributed by atoms with Crippen molar-refractivity contribution in [2.75, 3.05) is 45.0 Å². The molecule has 2 aliphatic rings. The Labute approximate surface area is 173 Å². The fourth-order valence-corrected chi connectivity index (χ4v) is 4.34. The summed E-state index contributed by atoms with van der Waals surface area (Å²) in [5.74, 6) is -1.62. The van der Waals surface area contributed by atoms with Crippen molar-refractivity contribution in [2.45, 2.75) is 56.4 Å². The van der Waals surface area contributed by atoms with Gasteiger partial charge in [0.25, 0.3) is 0 Å². The van der Waals surface area contributed by atoms with Gasteiger partial charge in [-0.1, -0.05) is 45.7 Å². The summed E-state index contributed by atoms with van der Waals surface area (Å²) in [6, 6.07) is 0. The Morgan fingerprint density at radius 2 is 1.31 bits per heavy atom. The van der Waals surface area contributed by atoms with E-state index in [0.717, 1.165) is 12.8 Å². The Morgan fingerprint density at radius 3 is 1.65 bits per heavy atom. The third-order valence-electron chi connectivity index (χ3n) is 6.05. The van der Waals surface area contributed by atoms with Gasteiger partial charge >= 0.3 is 0 Å². The third-order valence-corrected chi connectivity index (χ3v) is 8.06. The Morgan fingerprint density at radius 1 is 0.885 bits per heavy atom. The molecule has 2 fully saturated rings. The number of hydrogen-bond donors (Lipinski definition) is 2. The second-order valence-corrected chi connectivity index (χ2v) is 9.58. The zero-order valence-electron chi connectivity index (χ0n) is 15.9. The van der Waals surface area contributed by atoms with Crippen LogP contribution in [0.3, 0.4) is 0 Å². The molecule has 0 spiro atoms. The van der Waals surface area contributed by atoms with Crippen molar-refractivity contribution in [1.29, 1.82) is 0 Å². The summed E-state index contributed by atoms with van der Waals surface area (Å²) in [5.41, 5.74) is -0.671. The average molecular weight is 504 g/mol. The van der Waals surface area contributed by atoms with Crippen molar-refractivity contribution in [3.05, 3.63) is 0 Å². The van der Waals surface area contributed by atoms with Gasteiger partial charge in [0.2, 0.25) is 0 Å². The zero-order chi connectivity index (χ0) is 19.5. The van der Waals surface area contributed by atoms with E-state index in [2.05, 4.69) is 31.9 Å². The molecule has 154 valence electrons. The molecule has 2 rings (SSSR count). The van der Waals surface area contributed by atoms with E-state index in [4.69, 9.17) is 18.9 Å². The molecule has 0 aromatic heterocycles. The maximum absolute atomic E-state index is 9.67. The van der Waals surface area contributed by atoms with Crippen molar-refractivity contribution in [2.24, 2.45) is 10.8 Å². The Hall–Kier alpha value is 0.720. The number of aliphatic hydroxyl groups is 2. The number of ether oxygens (including phenoxy) is 4. The summed E-state index contributed by atoms with van der Waals surface area (Å²) in [5, 5.41) is 19.8. The number of aliphatic hydroxyl groups excluding tert-OH is 2. The highest BCUT2D eigenvalue weighted by molar-refractivity contribution is 9.09. The van der Waals surface area contributed by atoms with E-state index in [1.165, 1.54) is 0 Å². The standard InChI is InChI=1S/C18H32Br2O6/c1-4-16(8-21)10-23-15(3,24-11-16)14(20)6-18(7-19)25-12-17(5-2,9-22)13-26-18/h14,21-22H,4-13H2,1-3H3. The summed E-state index contributed by atoms with van der Waals surface area (Å²) < 4.78 is 24.3. The molecule has 6 nitrogen and oxygen atoms in total. The van der Waals surface area contributed by atoms with E-state index in [1.54, 1.807) is 0 Å². The van der Waals surface area contributed by atoms with Crippen LogP contribution in [0.1, 0.15) is 40.0 Å². The van der Waals surface area contributed by atoms with E-state index < -0.39 is 11.6 Å². The van der Waals surface area contributed by atoms with Gasteiger partial charge in [-0.05, 0) is 19.8 Å². The quantitative estimate of drug-likeness (QED) is 0.496. The average Bonchev–Trinajstić information content (AvgIpc) is 2.70. The summed E-state index contributed by atoms with van der Waals surface area (Å²) in [7, 11) is 0. The first-order valence-electron chi connectivity index (χ1n) is 9.24. The molecule has 1 unspecified atom stereocenters. The molecule has 0 aromatic carbocycles. The lowest BCUT2D eigenvalue weighted by atomic mass is 9.86. The van der Waals surface area contributed by atoms with Gasteiger partial charge in [0.15, 0.2) is 11.6 Å². The summed E-state index contributed by atoms with van der Waals surface area (Å²) in [6.45, 7) is 7.86. The van der Waals surface area contributed by atoms with Crippen molar-refractivity contribution in [1.82, 2.24) is 0 Å². The van der Waals surface area contributed by atoms with Crippen LogP contribution in [0.2, 0.25) is 0 Å². The van der Waals surface area contributed by atoms with E-state index in [-0.39, 0.29) is 28.9 Å². The van der Waals surface area contributed by atoms with Crippen molar-refractivity contribution in [3.8, 4) is 0 Å². The van der Waals surface area contributed by atoms with Gasteiger partial charge < -0.3 is 29.2 Å². The molecule has 2 heterocycles. The summed E-state index contributed by atoms with van der Waals surface area (Å²) >= 11 is 7.22. The van der Waals surface area contributed by atoms with E-state index in [0.29, 0.717) is 38.2 Å². The summed E-state index contributed by atoms with van der Waals surface area (Å²) in [4.78, 5) is -0.163. The highest BCUT2D eigenvalue weighted by Gasteiger charge is 2.50. The van der Waals surface area contributed by atoms with Gasteiger partial charge in [-0.25, -0.2) is 0 Å². The fraction of sp³-hybridized carbons (Fsp3) is 1.00. The van der Waals surface area contributed by atoms with Crippen LogP contribution in [0.25, 0.3) is 0 Å². The normalized spacial score (nSPS) is 42.6. The predicted molar refractivity (Wildman–Crippen MR) is 106 cm³/mol. The second-order valence-electron chi connectivity index (χ2n) is 7.91. The minimum atomic E-state index is -0.827. The molecule has 1 atom stereocenters. The van der Waals surface area contributed by atoms with Crippen LogP contribution in [0.4, 0.5) is 0 Å². The molecular formula is C18H32Br2O6. The monoisotopic (exact) mass is 502 g/mol. The van der Waals surface area contributed by atoms with Gasteiger partial charge in [0, 0.05) is 17.3 Å². The second kappa shape index (κ2) is 9.03. The van der Waals surface area contributed by atoms with Gasteiger partial charge in [-0.15, -0.1) is 0 Å². The molecule has 2 N–H and O–H groups in total. The maximum atomic E-state index is 9.67. The van der Waals surface area contributed by atoms with Gasteiger partial charge in [0.05, 0.1) is 49.8 Å². The Kier molecular flexibility index (Phi) is 7.99. The fourth-order valence-electron chi connectivity index (χ4n) is 3.03. The van der Waals surface area contributed by atoms with Crippen molar-refractivity contribution < 1.29 is 29.2 Å². The van der Waals surface area contributed by atoms with Gasteiger partial charge in [-0.3, -0.25) is 0 Å². The first-order chi connectivity index (χ1) is 12.3. The highest BCUT2D eigenvalue weighted by Crippen LogP contribution is 2.42. The molecule has 0 saturated carbocycles. The van der Waals surface area contributed by atoms with Crippen LogP contribution < -0.4 is 0 Å². The highest BCUT2D eigenvalue weighted by atomic mass is 79.9. The molecule has 0 radical (unpaired) electrons. The van der Waals surface area contributed by atoms with Crippen LogP contribution in [0.15, 0.2) is 0 Å². The SMILES string of the molecule is CCC1(CO)COC(CBr)(CC(Br)C2(C)OCC(CC)(CO)CO2)OC1. The van der Waals surface area contributed by atoms with Gasteiger partial charge in [-0.2, -0.15) is 0 Å². The van der Waals surface area contributed by atoms with Crippen LogP contribution in [0.5, 0.6) is 0 Å². The number of hydrogen-bond acceptors (Lipinski definition) is 6. The Balaban J connectivity index is 2.00. The topological polar surface area (TPSA) is 77.4 Å². The summed E-state index contributed by atoms with van der Waals surface area (Å²) in [6.07, 6.45) is 2.12. The first-order valence-corrected chi connectivity index (χ1v) is 11.3. The van der Waals surface area contributed by atoms with Crippen LogP contribution >= 0.6 is 31.9 Å². The Bertz CT molecular complexity index is 433. The molecule has 2 aliphatic heterocycles. The number of rotatable bonds is 8. The molecule has 0 aromatic rings. The van der Waals surface area contributed by atoms with Crippen LogP contribution in [-0.4, -0.2) is 71.6 Å². The largest absolute Gasteiger partial charge is 0.396 e. The lowest BCUT2D eigenvalue weighted by Crippen LogP contribution is -2.58. The molecule has 8 heteroatoms. The van der Waals surface area contributed by atoms with E-state index in [9.17, 15) is 10.2 Å². The molecule has 0 aliphatic carbocycles.